The van der Waals surface area contributed by atoms with Gasteiger partial charge in [-0.3, -0.25) is 0 Å². The standard InChI is InChI=1S/C15H16F3NO4S/c1-8(2)7-19-24(22)10-3-4-12-9(5-10)6-11(14(20)21)13(23-12)15(16,17)18/h3-6,8,13,19H,7H2,1-2H3,(H,20,21). The van der Waals surface area contributed by atoms with Gasteiger partial charge in [0.15, 0.2) is 0 Å². The maximum atomic E-state index is 12.9. The molecule has 24 heavy (non-hydrogen) atoms. The Morgan fingerprint density at radius 3 is 2.62 bits per heavy atom. The van der Waals surface area contributed by atoms with Crippen molar-refractivity contribution in [1.29, 1.82) is 0 Å². The lowest BCUT2D eigenvalue weighted by Crippen LogP contribution is -2.40. The molecule has 0 aliphatic carbocycles. The number of fused-ring (bicyclic) bond motifs is 1. The monoisotopic (exact) mass is 363 g/mol. The summed E-state index contributed by atoms with van der Waals surface area (Å²) in [5.41, 5.74) is -0.766. The Bertz CT molecular complexity index is 700. The number of rotatable bonds is 5. The number of nitrogens with one attached hydrogen (secondary N) is 1. The zero-order chi connectivity index (χ0) is 18.1. The van der Waals surface area contributed by atoms with Gasteiger partial charge in [0.25, 0.3) is 0 Å². The summed E-state index contributed by atoms with van der Waals surface area (Å²) in [5, 5.41) is 9.00. The molecule has 0 aromatic heterocycles. The summed E-state index contributed by atoms with van der Waals surface area (Å²) in [6.45, 7) is 4.36. The molecule has 0 radical (unpaired) electrons. The van der Waals surface area contributed by atoms with E-state index in [1.165, 1.54) is 18.2 Å². The van der Waals surface area contributed by atoms with Gasteiger partial charge in [-0.2, -0.15) is 13.2 Å². The molecule has 2 N–H and O–H groups in total. The summed E-state index contributed by atoms with van der Waals surface area (Å²) in [7, 11) is -1.55. The second kappa shape index (κ2) is 6.94. The molecule has 132 valence electrons. The van der Waals surface area contributed by atoms with E-state index >= 15 is 0 Å². The average molecular weight is 363 g/mol. The fraction of sp³-hybridized carbons (Fsp3) is 0.400. The van der Waals surface area contributed by atoms with Gasteiger partial charge >= 0.3 is 12.1 Å². The number of ether oxygens (including phenoxy) is 1. The minimum atomic E-state index is -4.85. The Labute approximate surface area is 139 Å². The number of halogens is 3. The summed E-state index contributed by atoms with van der Waals surface area (Å²) in [4.78, 5) is 11.4. The number of alkyl halides is 3. The molecule has 0 spiro atoms. The van der Waals surface area contributed by atoms with Crippen molar-refractivity contribution in [3.05, 3.63) is 29.3 Å². The van der Waals surface area contributed by atoms with Gasteiger partial charge in [0, 0.05) is 12.1 Å². The number of carboxylic acids is 1. The van der Waals surface area contributed by atoms with Gasteiger partial charge in [-0.1, -0.05) is 13.8 Å². The van der Waals surface area contributed by atoms with E-state index < -0.39 is 34.8 Å². The lowest BCUT2D eigenvalue weighted by atomic mass is 10.0. The lowest BCUT2D eigenvalue weighted by Gasteiger charge is -2.27. The van der Waals surface area contributed by atoms with Crippen LogP contribution in [0.15, 0.2) is 28.7 Å². The van der Waals surface area contributed by atoms with E-state index in [9.17, 15) is 22.2 Å². The molecule has 1 aliphatic rings. The Morgan fingerprint density at radius 2 is 2.08 bits per heavy atom. The van der Waals surface area contributed by atoms with Crippen LogP contribution in [0, 0.1) is 5.92 Å². The zero-order valence-electron chi connectivity index (χ0n) is 12.9. The van der Waals surface area contributed by atoms with E-state index in [1.807, 2.05) is 13.8 Å². The van der Waals surface area contributed by atoms with E-state index in [0.717, 1.165) is 6.08 Å². The fourth-order valence-electron chi connectivity index (χ4n) is 2.04. The second-order valence-electron chi connectivity index (χ2n) is 5.66. The Morgan fingerprint density at radius 1 is 1.42 bits per heavy atom. The Hall–Kier alpha value is -1.87. The molecular formula is C15H16F3NO4S. The molecule has 0 amide bonds. The van der Waals surface area contributed by atoms with Gasteiger partial charge in [-0.25, -0.2) is 13.7 Å². The predicted molar refractivity (Wildman–Crippen MR) is 81.8 cm³/mol. The molecule has 0 fully saturated rings. The number of carboxylic acid groups (broad SMARTS) is 1. The first-order valence-electron chi connectivity index (χ1n) is 7.07. The topological polar surface area (TPSA) is 75.6 Å². The van der Waals surface area contributed by atoms with Crippen molar-refractivity contribution in [2.45, 2.75) is 31.0 Å². The quantitative estimate of drug-likeness (QED) is 0.844. The van der Waals surface area contributed by atoms with Crippen LogP contribution in [0.1, 0.15) is 19.4 Å². The van der Waals surface area contributed by atoms with Crippen molar-refractivity contribution < 1.29 is 32.0 Å². The van der Waals surface area contributed by atoms with Crippen LogP contribution in [-0.4, -0.2) is 34.1 Å². The van der Waals surface area contributed by atoms with Gasteiger partial charge < -0.3 is 9.84 Å². The number of aliphatic carboxylic acids is 1. The smallest absolute Gasteiger partial charge is 0.430 e. The van der Waals surface area contributed by atoms with Crippen LogP contribution in [0.4, 0.5) is 13.2 Å². The van der Waals surface area contributed by atoms with Gasteiger partial charge in [0.1, 0.15) is 16.7 Å². The molecular weight excluding hydrogens is 347 g/mol. The molecule has 5 nitrogen and oxygen atoms in total. The molecule has 1 aromatic carbocycles. The number of benzene rings is 1. The van der Waals surface area contributed by atoms with Crippen LogP contribution in [-0.2, 0) is 15.8 Å². The van der Waals surface area contributed by atoms with Crippen LogP contribution in [0.5, 0.6) is 5.75 Å². The number of hydrogen-bond acceptors (Lipinski definition) is 3. The Kier molecular flexibility index (Phi) is 5.34. The van der Waals surface area contributed by atoms with E-state index in [-0.39, 0.29) is 17.2 Å². The first-order chi connectivity index (χ1) is 11.1. The summed E-state index contributed by atoms with van der Waals surface area (Å²) in [6, 6.07) is 4.00. The average Bonchev–Trinajstić information content (AvgIpc) is 2.49. The molecule has 1 aliphatic heterocycles. The third-order valence-electron chi connectivity index (χ3n) is 3.20. The highest BCUT2D eigenvalue weighted by Crippen LogP contribution is 2.37. The van der Waals surface area contributed by atoms with Crippen molar-refractivity contribution in [3.63, 3.8) is 0 Å². The minimum absolute atomic E-state index is 0.105. The SMILES string of the molecule is CC(C)CNS(=O)c1ccc2c(c1)C=C(C(=O)O)C(C(F)(F)F)O2. The highest BCUT2D eigenvalue weighted by Gasteiger charge is 2.48. The van der Waals surface area contributed by atoms with Crippen molar-refractivity contribution >= 4 is 23.0 Å². The normalized spacial score (nSPS) is 18.6. The molecule has 0 saturated heterocycles. The van der Waals surface area contributed by atoms with Crippen LogP contribution in [0.3, 0.4) is 0 Å². The Balaban J connectivity index is 2.34. The van der Waals surface area contributed by atoms with E-state index in [1.54, 1.807) is 0 Å². The van der Waals surface area contributed by atoms with E-state index in [4.69, 9.17) is 9.84 Å². The maximum absolute atomic E-state index is 12.9. The molecule has 2 atom stereocenters. The number of carbonyl (C=O) groups is 1. The van der Waals surface area contributed by atoms with Gasteiger partial charge in [-0.05, 0) is 30.2 Å². The molecule has 1 heterocycles. The molecule has 0 bridgehead atoms. The predicted octanol–water partition coefficient (Wildman–Crippen LogP) is 2.75. The maximum Gasteiger partial charge on any atom is 0.430 e. The van der Waals surface area contributed by atoms with Crippen LogP contribution in [0.2, 0.25) is 0 Å². The summed E-state index contributed by atoms with van der Waals surface area (Å²) >= 11 is 0. The molecule has 2 unspecified atom stereocenters. The minimum Gasteiger partial charge on any atom is -0.478 e. The van der Waals surface area contributed by atoms with Crippen molar-refractivity contribution in [3.8, 4) is 5.75 Å². The zero-order valence-corrected chi connectivity index (χ0v) is 13.7. The fourth-order valence-corrected chi connectivity index (χ4v) is 3.12. The summed E-state index contributed by atoms with van der Waals surface area (Å²) < 4.78 is 58.5. The summed E-state index contributed by atoms with van der Waals surface area (Å²) in [6.07, 6.45) is -6.47. The van der Waals surface area contributed by atoms with E-state index in [0.29, 0.717) is 11.4 Å². The number of hydrogen-bond donors (Lipinski definition) is 2. The van der Waals surface area contributed by atoms with Gasteiger partial charge in [0.05, 0.1) is 10.5 Å². The molecule has 9 heteroatoms. The highest BCUT2D eigenvalue weighted by molar-refractivity contribution is 7.83. The summed E-state index contributed by atoms with van der Waals surface area (Å²) in [5.74, 6) is -1.56. The van der Waals surface area contributed by atoms with Crippen molar-refractivity contribution in [1.82, 2.24) is 4.72 Å². The van der Waals surface area contributed by atoms with Crippen LogP contribution < -0.4 is 9.46 Å². The highest BCUT2D eigenvalue weighted by atomic mass is 32.2. The van der Waals surface area contributed by atoms with Crippen LogP contribution in [0.25, 0.3) is 6.08 Å². The molecule has 2 rings (SSSR count). The van der Waals surface area contributed by atoms with Gasteiger partial charge in [-0.15, -0.1) is 0 Å². The lowest BCUT2D eigenvalue weighted by molar-refractivity contribution is -0.187. The first kappa shape index (κ1) is 18.5. The largest absolute Gasteiger partial charge is 0.478 e. The van der Waals surface area contributed by atoms with Crippen LogP contribution >= 0.6 is 0 Å². The van der Waals surface area contributed by atoms with E-state index in [2.05, 4.69) is 4.72 Å². The van der Waals surface area contributed by atoms with Crippen molar-refractivity contribution in [2.24, 2.45) is 5.92 Å². The third kappa shape index (κ3) is 4.15. The molecule has 0 saturated carbocycles. The van der Waals surface area contributed by atoms with Crippen molar-refractivity contribution in [2.75, 3.05) is 6.54 Å². The first-order valence-corrected chi connectivity index (χ1v) is 8.22. The van der Waals surface area contributed by atoms with Gasteiger partial charge in [0.2, 0.25) is 6.10 Å². The third-order valence-corrected chi connectivity index (χ3v) is 4.31. The molecule has 1 aromatic rings. The second-order valence-corrected chi connectivity index (χ2v) is 6.95.